The van der Waals surface area contributed by atoms with Crippen molar-refractivity contribution in [3.63, 3.8) is 0 Å². The van der Waals surface area contributed by atoms with Gasteiger partial charge in [0, 0.05) is 15.7 Å². The van der Waals surface area contributed by atoms with Crippen LogP contribution in [-0.4, -0.2) is 14.6 Å². The molecule has 2 aromatic heterocycles. The first-order valence-electron chi connectivity index (χ1n) is 5.32. The molecule has 2 heterocycles. The van der Waals surface area contributed by atoms with Gasteiger partial charge in [-0.15, -0.1) is 10.2 Å². The molecular formula is C13H10BrN3. The molecule has 0 unspecified atom stereocenters. The van der Waals surface area contributed by atoms with Crippen molar-refractivity contribution in [1.82, 2.24) is 14.6 Å². The molecule has 0 spiro atoms. The Morgan fingerprint density at radius 2 is 1.76 bits per heavy atom. The largest absolute Gasteiger partial charge is 0.280 e. The summed E-state index contributed by atoms with van der Waals surface area (Å²) < 4.78 is 3.12. The van der Waals surface area contributed by atoms with Gasteiger partial charge in [-0.1, -0.05) is 34.1 Å². The molecule has 0 radical (unpaired) electrons. The average Bonchev–Trinajstić information content (AvgIpc) is 2.75. The van der Waals surface area contributed by atoms with Gasteiger partial charge in [-0.05, 0) is 31.2 Å². The van der Waals surface area contributed by atoms with E-state index in [1.807, 2.05) is 36.4 Å². The van der Waals surface area contributed by atoms with Crippen LogP contribution >= 0.6 is 15.9 Å². The lowest BCUT2D eigenvalue weighted by atomic mass is 10.2. The molecule has 0 saturated heterocycles. The molecule has 3 aromatic rings. The van der Waals surface area contributed by atoms with E-state index in [-0.39, 0.29) is 0 Å². The molecular weight excluding hydrogens is 278 g/mol. The fraction of sp³-hybridized carbons (Fsp3) is 0.0769. The van der Waals surface area contributed by atoms with Crippen molar-refractivity contribution in [2.45, 2.75) is 6.92 Å². The Labute approximate surface area is 107 Å². The maximum absolute atomic E-state index is 4.25. The number of halogens is 1. The Bertz CT molecular complexity index is 671. The number of aromatic nitrogens is 3. The molecule has 0 aliphatic carbocycles. The van der Waals surface area contributed by atoms with Crippen LogP contribution < -0.4 is 0 Å². The molecule has 0 bridgehead atoms. The van der Waals surface area contributed by atoms with Crippen LogP contribution in [0.2, 0.25) is 0 Å². The summed E-state index contributed by atoms with van der Waals surface area (Å²) in [6.07, 6.45) is 0. The van der Waals surface area contributed by atoms with E-state index in [0.717, 1.165) is 27.2 Å². The number of pyridine rings is 1. The highest BCUT2D eigenvalue weighted by molar-refractivity contribution is 9.10. The third kappa shape index (κ3) is 1.74. The predicted octanol–water partition coefficient (Wildman–Crippen LogP) is 3.47. The van der Waals surface area contributed by atoms with Crippen LogP contribution in [0.3, 0.4) is 0 Å². The van der Waals surface area contributed by atoms with E-state index in [0.29, 0.717) is 0 Å². The molecule has 0 fully saturated rings. The fourth-order valence-corrected chi connectivity index (χ4v) is 2.15. The van der Waals surface area contributed by atoms with Gasteiger partial charge in [0.05, 0.1) is 0 Å². The standard InChI is InChI=1S/C13H10BrN3/c1-9-3-2-4-12-15-16-13(17(9)12)10-5-7-11(14)8-6-10/h2-8H,1H3. The zero-order valence-corrected chi connectivity index (χ0v) is 10.8. The van der Waals surface area contributed by atoms with E-state index in [9.17, 15) is 0 Å². The van der Waals surface area contributed by atoms with Gasteiger partial charge in [0.1, 0.15) is 0 Å². The highest BCUT2D eigenvalue weighted by Crippen LogP contribution is 2.21. The summed E-state index contributed by atoms with van der Waals surface area (Å²) in [4.78, 5) is 0. The lowest BCUT2D eigenvalue weighted by Crippen LogP contribution is -1.93. The summed E-state index contributed by atoms with van der Waals surface area (Å²) in [5, 5.41) is 8.43. The smallest absolute Gasteiger partial charge is 0.168 e. The molecule has 17 heavy (non-hydrogen) atoms. The Hall–Kier alpha value is -1.68. The maximum atomic E-state index is 4.25. The van der Waals surface area contributed by atoms with Gasteiger partial charge in [0.25, 0.3) is 0 Å². The van der Waals surface area contributed by atoms with Crippen molar-refractivity contribution in [2.24, 2.45) is 0 Å². The number of nitrogens with zero attached hydrogens (tertiary/aromatic N) is 3. The van der Waals surface area contributed by atoms with Crippen LogP contribution in [0.1, 0.15) is 5.69 Å². The lowest BCUT2D eigenvalue weighted by molar-refractivity contribution is 1.08. The highest BCUT2D eigenvalue weighted by Gasteiger charge is 2.08. The third-order valence-corrected chi connectivity index (χ3v) is 3.25. The topological polar surface area (TPSA) is 30.2 Å². The molecule has 0 N–H and O–H groups in total. The summed E-state index contributed by atoms with van der Waals surface area (Å²) in [6, 6.07) is 14.1. The number of benzene rings is 1. The SMILES string of the molecule is Cc1cccc2nnc(-c3ccc(Br)cc3)n12. The second kappa shape index (κ2) is 3.96. The van der Waals surface area contributed by atoms with Gasteiger partial charge in [0.15, 0.2) is 11.5 Å². The van der Waals surface area contributed by atoms with Gasteiger partial charge in [-0.2, -0.15) is 0 Å². The molecule has 0 amide bonds. The number of hydrogen-bond acceptors (Lipinski definition) is 2. The molecule has 0 aliphatic rings. The average molecular weight is 288 g/mol. The second-order valence-electron chi connectivity index (χ2n) is 3.89. The first-order chi connectivity index (χ1) is 8.25. The Morgan fingerprint density at radius 3 is 2.53 bits per heavy atom. The van der Waals surface area contributed by atoms with Crippen molar-refractivity contribution in [2.75, 3.05) is 0 Å². The summed E-state index contributed by atoms with van der Waals surface area (Å²) in [7, 11) is 0. The van der Waals surface area contributed by atoms with E-state index in [4.69, 9.17) is 0 Å². The van der Waals surface area contributed by atoms with Gasteiger partial charge in [-0.25, -0.2) is 0 Å². The van der Waals surface area contributed by atoms with Gasteiger partial charge >= 0.3 is 0 Å². The molecule has 4 heteroatoms. The number of fused-ring (bicyclic) bond motifs is 1. The van der Waals surface area contributed by atoms with Gasteiger partial charge in [0.2, 0.25) is 0 Å². The minimum absolute atomic E-state index is 0.878. The van der Waals surface area contributed by atoms with Crippen LogP contribution in [0.4, 0.5) is 0 Å². The van der Waals surface area contributed by atoms with E-state index >= 15 is 0 Å². The maximum Gasteiger partial charge on any atom is 0.168 e. The number of aryl methyl sites for hydroxylation is 1. The molecule has 3 rings (SSSR count). The summed E-state index contributed by atoms with van der Waals surface area (Å²) >= 11 is 3.43. The van der Waals surface area contributed by atoms with E-state index in [1.165, 1.54) is 0 Å². The quantitative estimate of drug-likeness (QED) is 0.686. The van der Waals surface area contributed by atoms with Crippen molar-refractivity contribution >= 4 is 21.6 Å². The monoisotopic (exact) mass is 287 g/mol. The summed E-state index contributed by atoms with van der Waals surface area (Å²) in [5.74, 6) is 0.880. The number of hydrogen-bond donors (Lipinski definition) is 0. The van der Waals surface area contributed by atoms with Crippen molar-refractivity contribution in [1.29, 1.82) is 0 Å². The van der Waals surface area contributed by atoms with Gasteiger partial charge < -0.3 is 0 Å². The van der Waals surface area contributed by atoms with Crippen LogP contribution in [0, 0.1) is 6.92 Å². The van der Waals surface area contributed by atoms with Crippen molar-refractivity contribution in [3.8, 4) is 11.4 Å². The third-order valence-electron chi connectivity index (χ3n) is 2.73. The van der Waals surface area contributed by atoms with Crippen LogP contribution in [0.25, 0.3) is 17.0 Å². The predicted molar refractivity (Wildman–Crippen MR) is 70.9 cm³/mol. The number of rotatable bonds is 1. The fourth-order valence-electron chi connectivity index (χ4n) is 1.89. The van der Waals surface area contributed by atoms with Crippen molar-refractivity contribution in [3.05, 3.63) is 52.6 Å². The van der Waals surface area contributed by atoms with Crippen molar-refractivity contribution < 1.29 is 0 Å². The lowest BCUT2D eigenvalue weighted by Gasteiger charge is -2.03. The zero-order chi connectivity index (χ0) is 11.8. The zero-order valence-electron chi connectivity index (χ0n) is 9.26. The van der Waals surface area contributed by atoms with Crippen LogP contribution in [0.15, 0.2) is 46.9 Å². The first kappa shape index (κ1) is 10.5. The molecule has 0 atom stereocenters. The molecule has 84 valence electrons. The molecule has 0 saturated carbocycles. The summed E-state index contributed by atoms with van der Waals surface area (Å²) in [6.45, 7) is 2.05. The van der Waals surface area contributed by atoms with E-state index in [2.05, 4.69) is 43.5 Å². The van der Waals surface area contributed by atoms with Gasteiger partial charge in [-0.3, -0.25) is 4.40 Å². The Morgan fingerprint density at radius 1 is 1.00 bits per heavy atom. The molecule has 3 nitrogen and oxygen atoms in total. The normalized spacial score (nSPS) is 10.9. The Kier molecular flexibility index (Phi) is 2.44. The second-order valence-corrected chi connectivity index (χ2v) is 4.81. The van der Waals surface area contributed by atoms with E-state index < -0.39 is 0 Å². The first-order valence-corrected chi connectivity index (χ1v) is 6.12. The van der Waals surface area contributed by atoms with E-state index in [1.54, 1.807) is 0 Å². The van der Waals surface area contributed by atoms with Crippen LogP contribution in [-0.2, 0) is 0 Å². The molecule has 1 aromatic carbocycles. The minimum atomic E-state index is 0.878. The van der Waals surface area contributed by atoms with Crippen LogP contribution in [0.5, 0.6) is 0 Å². The Balaban J connectivity index is 2.27. The summed E-state index contributed by atoms with van der Waals surface area (Å²) in [5.41, 5.74) is 3.07. The highest BCUT2D eigenvalue weighted by atomic mass is 79.9. The molecule has 0 aliphatic heterocycles. The minimum Gasteiger partial charge on any atom is -0.280 e.